The molecule has 3 heteroatoms. The van der Waals surface area contributed by atoms with Crippen LogP contribution in [0.15, 0.2) is 0 Å². The van der Waals surface area contributed by atoms with Crippen LogP contribution in [0.25, 0.3) is 0 Å². The average Bonchev–Trinajstić information content (AvgIpc) is 2.43. The van der Waals surface area contributed by atoms with Crippen LogP contribution in [0.2, 0.25) is 0 Å². The molecule has 0 amide bonds. The predicted octanol–water partition coefficient (Wildman–Crippen LogP) is 2.18. The number of hydrogen-bond acceptors (Lipinski definition) is 3. The summed E-state index contributed by atoms with van der Waals surface area (Å²) in [6, 6.07) is 0. The summed E-state index contributed by atoms with van der Waals surface area (Å²) in [5.41, 5.74) is 0.351. The van der Waals surface area contributed by atoms with Gasteiger partial charge in [-0.3, -0.25) is 5.32 Å². The van der Waals surface area contributed by atoms with E-state index in [2.05, 4.69) is 49.6 Å². The molecule has 0 bridgehead atoms. The van der Waals surface area contributed by atoms with Gasteiger partial charge in [0.25, 0.3) is 0 Å². The van der Waals surface area contributed by atoms with Crippen LogP contribution in [-0.4, -0.2) is 27.7 Å². The molecule has 0 aliphatic carbocycles. The van der Waals surface area contributed by atoms with Gasteiger partial charge in [0.2, 0.25) is 0 Å². The van der Waals surface area contributed by atoms with E-state index in [9.17, 15) is 0 Å². The van der Waals surface area contributed by atoms with Gasteiger partial charge < -0.3 is 0 Å². The van der Waals surface area contributed by atoms with Crippen molar-refractivity contribution in [1.82, 2.24) is 5.32 Å². The van der Waals surface area contributed by atoms with Crippen LogP contribution >= 0.6 is 23.5 Å². The van der Waals surface area contributed by atoms with Crippen molar-refractivity contribution >= 4 is 23.5 Å². The zero-order chi connectivity index (χ0) is 8.82. The fourth-order valence-corrected chi connectivity index (χ4v) is 5.47. The van der Waals surface area contributed by atoms with E-state index in [1.54, 1.807) is 0 Å². The highest BCUT2D eigenvalue weighted by atomic mass is 32.2. The second-order valence-electron chi connectivity index (χ2n) is 4.60. The van der Waals surface area contributed by atoms with Crippen LogP contribution in [0.4, 0.5) is 0 Å². The van der Waals surface area contributed by atoms with Gasteiger partial charge in [0.1, 0.15) is 0 Å². The Balaban J connectivity index is 2.14. The molecule has 1 spiro atoms. The van der Waals surface area contributed by atoms with Crippen LogP contribution in [-0.2, 0) is 0 Å². The average molecular weight is 203 g/mol. The van der Waals surface area contributed by atoms with E-state index in [0.29, 0.717) is 10.4 Å². The van der Waals surface area contributed by atoms with Crippen LogP contribution in [0, 0.1) is 5.92 Å². The van der Waals surface area contributed by atoms with E-state index in [4.69, 9.17) is 0 Å². The number of nitrogens with one attached hydrogen (secondary N) is 1. The van der Waals surface area contributed by atoms with Crippen LogP contribution < -0.4 is 5.32 Å². The van der Waals surface area contributed by atoms with Gasteiger partial charge in [-0.25, -0.2) is 0 Å². The first-order valence-electron chi connectivity index (χ1n) is 4.55. The summed E-state index contributed by atoms with van der Waals surface area (Å²) >= 11 is 4.23. The second-order valence-corrected chi connectivity index (χ2v) is 6.94. The van der Waals surface area contributed by atoms with Gasteiger partial charge in [0.05, 0.1) is 4.87 Å². The van der Waals surface area contributed by atoms with E-state index >= 15 is 0 Å². The van der Waals surface area contributed by atoms with Crippen LogP contribution in [0.1, 0.15) is 20.8 Å². The highest BCUT2D eigenvalue weighted by Crippen LogP contribution is 2.47. The summed E-state index contributed by atoms with van der Waals surface area (Å²) in [6.07, 6.45) is 0. The maximum absolute atomic E-state index is 3.80. The van der Waals surface area contributed by atoms with Crippen molar-refractivity contribution in [3.8, 4) is 0 Å². The molecule has 0 saturated carbocycles. The van der Waals surface area contributed by atoms with E-state index in [-0.39, 0.29) is 0 Å². The molecule has 2 saturated heterocycles. The van der Waals surface area contributed by atoms with Crippen molar-refractivity contribution in [2.75, 3.05) is 17.3 Å². The fraction of sp³-hybridized carbons (Fsp3) is 1.00. The maximum atomic E-state index is 3.80. The summed E-state index contributed by atoms with van der Waals surface area (Å²) in [6.45, 7) is 7.00. The molecular formula is C9H17NS2. The van der Waals surface area contributed by atoms with Crippen molar-refractivity contribution in [2.45, 2.75) is 31.2 Å². The lowest BCUT2D eigenvalue weighted by Gasteiger charge is -2.30. The van der Waals surface area contributed by atoms with Crippen molar-refractivity contribution in [3.63, 3.8) is 0 Å². The summed E-state index contributed by atoms with van der Waals surface area (Å²) in [5, 5.41) is 3.80. The first-order chi connectivity index (χ1) is 5.54. The molecular weight excluding hydrogens is 186 g/mol. The molecule has 2 aliphatic rings. The minimum absolute atomic E-state index is 0.351. The van der Waals surface area contributed by atoms with Crippen LogP contribution in [0.5, 0.6) is 0 Å². The van der Waals surface area contributed by atoms with Gasteiger partial charge in [0, 0.05) is 17.0 Å². The third-order valence-corrected chi connectivity index (χ3v) is 6.33. The molecule has 2 atom stereocenters. The molecule has 2 aliphatic heterocycles. The number of thioether (sulfide) groups is 2. The van der Waals surface area contributed by atoms with E-state index in [1.165, 1.54) is 17.3 Å². The maximum Gasteiger partial charge on any atom is 0.0775 e. The third-order valence-electron chi connectivity index (χ3n) is 2.72. The molecule has 2 rings (SSSR count). The Hall–Kier alpha value is 0.660. The number of rotatable bonds is 0. The largest absolute Gasteiger partial charge is 0.296 e. The molecule has 0 aromatic carbocycles. The SMILES string of the molecule is CC1CSCC12NC(C)(C)CS2. The van der Waals surface area contributed by atoms with Gasteiger partial charge in [0.15, 0.2) is 0 Å². The van der Waals surface area contributed by atoms with E-state index < -0.39 is 0 Å². The first-order valence-corrected chi connectivity index (χ1v) is 6.69. The third kappa shape index (κ3) is 1.40. The Labute approximate surface area is 83.4 Å². The molecule has 12 heavy (non-hydrogen) atoms. The zero-order valence-corrected chi connectivity index (χ0v) is 9.65. The molecule has 0 aromatic rings. The van der Waals surface area contributed by atoms with Crippen molar-refractivity contribution in [2.24, 2.45) is 5.92 Å². The summed E-state index contributed by atoms with van der Waals surface area (Å²) < 4.78 is 0. The summed E-state index contributed by atoms with van der Waals surface area (Å²) in [7, 11) is 0. The normalized spacial score (nSPS) is 45.8. The second kappa shape index (κ2) is 2.82. The molecule has 1 nitrogen and oxygen atoms in total. The molecule has 1 N–H and O–H groups in total. The van der Waals surface area contributed by atoms with E-state index in [1.807, 2.05) is 0 Å². The van der Waals surface area contributed by atoms with Gasteiger partial charge in [-0.2, -0.15) is 11.8 Å². The van der Waals surface area contributed by atoms with Gasteiger partial charge in [-0.05, 0) is 25.5 Å². The van der Waals surface area contributed by atoms with Crippen molar-refractivity contribution in [1.29, 1.82) is 0 Å². The van der Waals surface area contributed by atoms with Crippen molar-refractivity contribution in [3.05, 3.63) is 0 Å². The number of hydrogen-bond donors (Lipinski definition) is 1. The Bertz CT molecular complexity index is 193. The van der Waals surface area contributed by atoms with Gasteiger partial charge in [-0.15, -0.1) is 11.8 Å². The molecule has 2 fully saturated rings. The molecule has 0 radical (unpaired) electrons. The quantitative estimate of drug-likeness (QED) is 0.648. The predicted molar refractivity (Wildman–Crippen MR) is 58.9 cm³/mol. The monoisotopic (exact) mass is 203 g/mol. The fourth-order valence-electron chi connectivity index (χ4n) is 1.96. The zero-order valence-electron chi connectivity index (χ0n) is 8.02. The topological polar surface area (TPSA) is 12.0 Å². The lowest BCUT2D eigenvalue weighted by atomic mass is 10.0. The van der Waals surface area contributed by atoms with E-state index in [0.717, 1.165) is 5.92 Å². The summed E-state index contributed by atoms with van der Waals surface area (Å²) in [5.74, 6) is 4.71. The van der Waals surface area contributed by atoms with Gasteiger partial charge in [-0.1, -0.05) is 6.92 Å². The van der Waals surface area contributed by atoms with Gasteiger partial charge >= 0.3 is 0 Å². The Kier molecular flexibility index (Phi) is 2.17. The Morgan fingerprint density at radius 1 is 1.33 bits per heavy atom. The van der Waals surface area contributed by atoms with Crippen molar-refractivity contribution < 1.29 is 0 Å². The lowest BCUT2D eigenvalue weighted by molar-refractivity contribution is 0.336. The standard InChI is InChI=1S/C9H17NS2/c1-7-4-11-6-9(7)10-8(2,3)5-12-9/h7,10H,4-6H2,1-3H3. The molecule has 0 aromatic heterocycles. The molecule has 2 unspecified atom stereocenters. The Morgan fingerprint density at radius 2 is 2.08 bits per heavy atom. The smallest absolute Gasteiger partial charge is 0.0775 e. The molecule has 70 valence electrons. The highest BCUT2D eigenvalue weighted by Gasteiger charge is 2.49. The minimum atomic E-state index is 0.351. The Morgan fingerprint density at radius 3 is 2.50 bits per heavy atom. The lowest BCUT2D eigenvalue weighted by Crippen LogP contribution is -2.50. The highest BCUT2D eigenvalue weighted by molar-refractivity contribution is 8.04. The molecule has 2 heterocycles. The summed E-state index contributed by atoms with van der Waals surface area (Å²) in [4.78, 5) is 0.411. The minimum Gasteiger partial charge on any atom is -0.296 e. The van der Waals surface area contributed by atoms with Crippen LogP contribution in [0.3, 0.4) is 0 Å². The first kappa shape index (κ1) is 9.22.